The van der Waals surface area contributed by atoms with Crippen LogP contribution in [0.25, 0.3) is 22.2 Å². The predicted octanol–water partition coefficient (Wildman–Crippen LogP) is 2.79. The molecule has 1 atom stereocenters. The van der Waals surface area contributed by atoms with Crippen LogP contribution in [0.15, 0.2) is 40.8 Å². The highest BCUT2D eigenvalue weighted by Gasteiger charge is 2.32. The lowest BCUT2D eigenvalue weighted by atomic mass is 10.0. The number of rotatable bonds is 7. The Hall–Kier alpha value is -2.42. The van der Waals surface area contributed by atoms with E-state index in [1.165, 1.54) is 0 Å². The normalized spacial score (nSPS) is 18.3. The first kappa shape index (κ1) is 20.8. The van der Waals surface area contributed by atoms with Gasteiger partial charge in [0.1, 0.15) is 11.5 Å². The largest absolute Gasteiger partial charge is 0.496 e. The van der Waals surface area contributed by atoms with Crippen LogP contribution < -0.4 is 4.74 Å². The Kier molecular flexibility index (Phi) is 5.81. The van der Waals surface area contributed by atoms with Gasteiger partial charge in [-0.3, -0.25) is 4.90 Å². The fraction of sp³-hybridized carbons (Fsp3) is 0.409. The first-order valence-electron chi connectivity index (χ1n) is 9.99. The number of nitrogens with zero attached hydrogens (tertiary/aromatic N) is 2. The van der Waals surface area contributed by atoms with E-state index in [9.17, 15) is 13.5 Å². The van der Waals surface area contributed by atoms with Crippen molar-refractivity contribution in [1.82, 2.24) is 9.88 Å². The molecule has 30 heavy (non-hydrogen) atoms. The summed E-state index contributed by atoms with van der Waals surface area (Å²) in [6, 6.07) is 11.7. The lowest BCUT2D eigenvalue weighted by Gasteiger charge is -2.26. The average molecular weight is 431 g/mol. The summed E-state index contributed by atoms with van der Waals surface area (Å²) in [7, 11) is -1.36. The average Bonchev–Trinajstić information content (AvgIpc) is 3.28. The Labute approximate surface area is 176 Å². The first-order chi connectivity index (χ1) is 14.4. The second-order valence-electron chi connectivity index (χ2n) is 7.63. The van der Waals surface area contributed by atoms with Gasteiger partial charge in [0.25, 0.3) is 0 Å². The number of oxazole rings is 1. The molecule has 0 bridgehead atoms. The third kappa shape index (κ3) is 4.08. The molecule has 4 rings (SSSR count). The minimum absolute atomic E-state index is 0.0383. The SMILES string of the molecule is COc1ccc(-c2nc(CN(CCO)C3CCS(=O)(=O)C3)c(C)o2)c2ccccc12. The molecule has 7 nitrogen and oxygen atoms in total. The molecule has 0 spiro atoms. The topological polar surface area (TPSA) is 92.9 Å². The molecule has 0 aliphatic carbocycles. The van der Waals surface area contributed by atoms with Gasteiger partial charge in [0.15, 0.2) is 9.84 Å². The molecular formula is C22H26N2O5S. The molecule has 2 aromatic carbocycles. The zero-order valence-corrected chi connectivity index (χ0v) is 18.0. The molecule has 0 radical (unpaired) electrons. The van der Waals surface area contributed by atoms with Crippen molar-refractivity contribution in [1.29, 1.82) is 0 Å². The molecule has 1 saturated heterocycles. The van der Waals surface area contributed by atoms with Gasteiger partial charge in [-0.1, -0.05) is 24.3 Å². The van der Waals surface area contributed by atoms with Crippen molar-refractivity contribution in [3.63, 3.8) is 0 Å². The zero-order chi connectivity index (χ0) is 21.3. The van der Waals surface area contributed by atoms with Crippen LogP contribution in [0.4, 0.5) is 0 Å². The summed E-state index contributed by atoms with van der Waals surface area (Å²) in [4.78, 5) is 6.73. The number of aromatic nitrogens is 1. The van der Waals surface area contributed by atoms with Crippen molar-refractivity contribution in [3.8, 4) is 17.2 Å². The summed E-state index contributed by atoms with van der Waals surface area (Å²) < 4.78 is 35.3. The van der Waals surface area contributed by atoms with E-state index in [1.807, 2.05) is 48.2 Å². The van der Waals surface area contributed by atoms with E-state index in [-0.39, 0.29) is 24.2 Å². The Balaban J connectivity index is 1.66. The van der Waals surface area contributed by atoms with Gasteiger partial charge in [-0.25, -0.2) is 13.4 Å². The quantitative estimate of drug-likeness (QED) is 0.616. The summed E-state index contributed by atoms with van der Waals surface area (Å²) in [5.41, 5.74) is 1.63. The maximum Gasteiger partial charge on any atom is 0.227 e. The number of hydrogen-bond acceptors (Lipinski definition) is 7. The lowest BCUT2D eigenvalue weighted by Crippen LogP contribution is -2.38. The van der Waals surface area contributed by atoms with E-state index in [1.54, 1.807) is 7.11 Å². The Morgan fingerprint density at radius 1 is 1.23 bits per heavy atom. The van der Waals surface area contributed by atoms with Crippen LogP contribution in [0.5, 0.6) is 5.75 Å². The van der Waals surface area contributed by atoms with Crippen LogP contribution >= 0.6 is 0 Å². The minimum atomic E-state index is -3.01. The maximum absolute atomic E-state index is 11.9. The molecule has 1 unspecified atom stereocenters. The highest BCUT2D eigenvalue weighted by molar-refractivity contribution is 7.91. The van der Waals surface area contributed by atoms with Crippen molar-refractivity contribution >= 4 is 20.6 Å². The highest BCUT2D eigenvalue weighted by Crippen LogP contribution is 2.35. The number of ether oxygens (including phenoxy) is 1. The van der Waals surface area contributed by atoms with Crippen molar-refractivity contribution < 1.29 is 22.7 Å². The molecule has 1 aliphatic heterocycles. The predicted molar refractivity (Wildman–Crippen MR) is 115 cm³/mol. The Morgan fingerprint density at radius 2 is 2.00 bits per heavy atom. The van der Waals surface area contributed by atoms with Crippen LogP contribution in [0, 0.1) is 6.92 Å². The molecule has 0 saturated carbocycles. The van der Waals surface area contributed by atoms with Gasteiger partial charge >= 0.3 is 0 Å². The third-order valence-corrected chi connectivity index (χ3v) is 7.44. The van der Waals surface area contributed by atoms with E-state index < -0.39 is 9.84 Å². The number of methoxy groups -OCH3 is 1. The summed E-state index contributed by atoms with van der Waals surface area (Å²) in [6.07, 6.45) is 0.579. The molecule has 2 heterocycles. The van der Waals surface area contributed by atoms with E-state index >= 15 is 0 Å². The zero-order valence-electron chi connectivity index (χ0n) is 17.2. The highest BCUT2D eigenvalue weighted by atomic mass is 32.2. The molecule has 0 amide bonds. The molecule has 1 fully saturated rings. The van der Waals surface area contributed by atoms with Crippen molar-refractivity contribution in [2.45, 2.75) is 25.9 Å². The Morgan fingerprint density at radius 3 is 2.67 bits per heavy atom. The summed E-state index contributed by atoms with van der Waals surface area (Å²) in [6.45, 7) is 2.65. The smallest absolute Gasteiger partial charge is 0.227 e. The fourth-order valence-corrected chi connectivity index (χ4v) is 5.86. The number of sulfone groups is 1. The van der Waals surface area contributed by atoms with Gasteiger partial charge in [-0.15, -0.1) is 0 Å². The third-order valence-electron chi connectivity index (χ3n) is 5.69. The van der Waals surface area contributed by atoms with Crippen LogP contribution in [0.1, 0.15) is 17.9 Å². The van der Waals surface area contributed by atoms with Crippen LogP contribution in [0.2, 0.25) is 0 Å². The minimum Gasteiger partial charge on any atom is -0.496 e. The molecular weight excluding hydrogens is 404 g/mol. The van der Waals surface area contributed by atoms with Crippen LogP contribution in [0.3, 0.4) is 0 Å². The molecule has 160 valence electrons. The molecule has 1 aliphatic rings. The van der Waals surface area contributed by atoms with E-state index in [4.69, 9.17) is 14.1 Å². The van der Waals surface area contributed by atoms with Gasteiger partial charge < -0.3 is 14.3 Å². The van der Waals surface area contributed by atoms with Crippen molar-refractivity contribution in [3.05, 3.63) is 47.9 Å². The number of aliphatic hydroxyl groups excluding tert-OH is 1. The molecule has 1 aromatic heterocycles. The number of hydrogen-bond donors (Lipinski definition) is 1. The number of fused-ring (bicyclic) bond motifs is 1. The Bertz CT molecular complexity index is 1160. The lowest BCUT2D eigenvalue weighted by molar-refractivity contribution is 0.152. The number of aryl methyl sites for hydroxylation is 1. The van der Waals surface area contributed by atoms with Crippen molar-refractivity contribution in [2.75, 3.05) is 31.8 Å². The van der Waals surface area contributed by atoms with Gasteiger partial charge in [-0.05, 0) is 30.9 Å². The summed E-state index contributed by atoms with van der Waals surface area (Å²) in [5.74, 6) is 2.31. The maximum atomic E-state index is 11.9. The molecule has 1 N–H and O–H groups in total. The number of aliphatic hydroxyl groups is 1. The van der Waals surface area contributed by atoms with Crippen LogP contribution in [-0.4, -0.2) is 61.2 Å². The van der Waals surface area contributed by atoms with Gasteiger partial charge in [-0.2, -0.15) is 0 Å². The fourth-order valence-electron chi connectivity index (χ4n) is 4.10. The summed E-state index contributed by atoms with van der Waals surface area (Å²) in [5, 5.41) is 11.4. The molecule has 8 heteroatoms. The second-order valence-corrected chi connectivity index (χ2v) is 9.86. The van der Waals surface area contributed by atoms with E-state index in [0.29, 0.717) is 31.2 Å². The van der Waals surface area contributed by atoms with Crippen molar-refractivity contribution in [2.24, 2.45) is 0 Å². The van der Waals surface area contributed by atoms with Crippen LogP contribution in [-0.2, 0) is 16.4 Å². The number of benzene rings is 2. The van der Waals surface area contributed by atoms with Gasteiger partial charge in [0.05, 0.1) is 30.9 Å². The van der Waals surface area contributed by atoms with E-state index in [2.05, 4.69) is 0 Å². The monoisotopic (exact) mass is 430 g/mol. The van der Waals surface area contributed by atoms with E-state index in [0.717, 1.165) is 27.8 Å². The van der Waals surface area contributed by atoms with Gasteiger partial charge in [0, 0.05) is 30.1 Å². The summed E-state index contributed by atoms with van der Waals surface area (Å²) >= 11 is 0. The molecule has 3 aromatic rings. The first-order valence-corrected chi connectivity index (χ1v) is 11.8. The van der Waals surface area contributed by atoms with Gasteiger partial charge in [0.2, 0.25) is 5.89 Å². The standard InChI is InChI=1S/C22H26N2O5S/c1-15-20(13-24(10-11-25)16-9-12-30(26,27)14-16)23-22(29-15)19-7-8-21(28-2)18-6-4-3-5-17(18)19/h3-8,16,25H,9-14H2,1-2H3. The second kappa shape index (κ2) is 8.37.